The molecule has 130 valence electrons. The number of pyridine rings is 1. The molecule has 1 amide bonds. The first-order valence-electron chi connectivity index (χ1n) is 7.93. The minimum atomic E-state index is -0.604. The summed E-state index contributed by atoms with van der Waals surface area (Å²) in [6.07, 6.45) is 1.54. The topological polar surface area (TPSA) is 68.7 Å². The van der Waals surface area contributed by atoms with E-state index >= 15 is 0 Å². The third-order valence-electron chi connectivity index (χ3n) is 4.62. The first-order valence-corrected chi connectivity index (χ1v) is 7.93. The zero-order valence-electron chi connectivity index (χ0n) is 14.7. The molecule has 25 heavy (non-hydrogen) atoms. The summed E-state index contributed by atoms with van der Waals surface area (Å²) < 4.78 is 9.94. The minimum Gasteiger partial charge on any atom is -0.497 e. The summed E-state index contributed by atoms with van der Waals surface area (Å²) in [6.45, 7) is 4.34. The van der Waals surface area contributed by atoms with Crippen molar-refractivity contribution in [1.82, 2.24) is 9.88 Å². The number of esters is 1. The van der Waals surface area contributed by atoms with Gasteiger partial charge in [0.05, 0.1) is 25.3 Å². The van der Waals surface area contributed by atoms with Gasteiger partial charge in [0.15, 0.2) is 5.69 Å². The molecule has 6 heteroatoms. The van der Waals surface area contributed by atoms with Crippen molar-refractivity contribution >= 4 is 11.9 Å². The maximum absolute atomic E-state index is 13.0. The zero-order valence-corrected chi connectivity index (χ0v) is 14.7. The number of rotatable bonds is 4. The van der Waals surface area contributed by atoms with Gasteiger partial charge in [0.25, 0.3) is 5.91 Å². The molecule has 0 aliphatic carbocycles. The molecule has 0 unspecified atom stereocenters. The number of fused-ring (bicyclic) bond motifs is 1. The molecule has 2 aromatic rings. The van der Waals surface area contributed by atoms with E-state index in [1.54, 1.807) is 18.1 Å². The Morgan fingerprint density at radius 3 is 2.44 bits per heavy atom. The van der Waals surface area contributed by atoms with Crippen LogP contribution < -0.4 is 4.74 Å². The Morgan fingerprint density at radius 1 is 1.16 bits per heavy atom. The highest BCUT2D eigenvalue weighted by Crippen LogP contribution is 2.40. The number of benzene rings is 1. The lowest BCUT2D eigenvalue weighted by Crippen LogP contribution is -2.38. The standard InChI is InChI=1S/C19H20N2O4/c1-19(2)14-9-10-20-16(18(23)25-4)15(14)17(22)21(19)11-12-5-7-13(24-3)8-6-12/h5-10H,11H2,1-4H3. The van der Waals surface area contributed by atoms with Gasteiger partial charge in [-0.3, -0.25) is 4.79 Å². The Hall–Kier alpha value is -2.89. The van der Waals surface area contributed by atoms with Gasteiger partial charge < -0.3 is 14.4 Å². The van der Waals surface area contributed by atoms with Crippen LogP contribution in [0.4, 0.5) is 0 Å². The molecule has 0 fully saturated rings. The van der Waals surface area contributed by atoms with Gasteiger partial charge in [0.2, 0.25) is 0 Å². The van der Waals surface area contributed by atoms with Gasteiger partial charge in [0.1, 0.15) is 5.75 Å². The van der Waals surface area contributed by atoms with Gasteiger partial charge in [0, 0.05) is 12.7 Å². The van der Waals surface area contributed by atoms with Gasteiger partial charge in [-0.2, -0.15) is 0 Å². The molecule has 0 spiro atoms. The van der Waals surface area contributed by atoms with E-state index in [2.05, 4.69) is 4.98 Å². The zero-order chi connectivity index (χ0) is 18.2. The Balaban J connectivity index is 1.99. The summed E-state index contributed by atoms with van der Waals surface area (Å²) in [5, 5.41) is 0. The Kier molecular flexibility index (Phi) is 4.20. The highest BCUT2D eigenvalue weighted by molar-refractivity contribution is 6.07. The van der Waals surface area contributed by atoms with Crippen LogP contribution in [0, 0.1) is 0 Å². The average Bonchev–Trinajstić information content (AvgIpc) is 2.82. The van der Waals surface area contributed by atoms with Crippen molar-refractivity contribution in [3.05, 3.63) is 58.9 Å². The van der Waals surface area contributed by atoms with Crippen molar-refractivity contribution in [2.24, 2.45) is 0 Å². The SMILES string of the molecule is COC(=O)c1nccc2c1C(=O)N(Cc1ccc(OC)cc1)C2(C)C. The summed E-state index contributed by atoms with van der Waals surface area (Å²) >= 11 is 0. The lowest BCUT2D eigenvalue weighted by atomic mass is 9.93. The molecule has 0 bridgehead atoms. The van der Waals surface area contributed by atoms with Gasteiger partial charge in [-0.05, 0) is 43.2 Å². The van der Waals surface area contributed by atoms with Crippen molar-refractivity contribution in [1.29, 1.82) is 0 Å². The maximum atomic E-state index is 13.0. The number of nitrogens with zero attached hydrogens (tertiary/aromatic N) is 2. The number of amides is 1. The van der Waals surface area contributed by atoms with E-state index in [9.17, 15) is 9.59 Å². The fourth-order valence-corrected chi connectivity index (χ4v) is 3.16. The lowest BCUT2D eigenvalue weighted by molar-refractivity contribution is 0.0561. The highest BCUT2D eigenvalue weighted by atomic mass is 16.5. The highest BCUT2D eigenvalue weighted by Gasteiger charge is 2.45. The summed E-state index contributed by atoms with van der Waals surface area (Å²) in [5.74, 6) is -0.0622. The summed E-state index contributed by atoms with van der Waals surface area (Å²) in [4.78, 5) is 30.8. The molecule has 0 atom stereocenters. The largest absolute Gasteiger partial charge is 0.497 e. The van der Waals surface area contributed by atoms with E-state index in [1.165, 1.54) is 13.3 Å². The van der Waals surface area contributed by atoms with E-state index in [4.69, 9.17) is 9.47 Å². The van der Waals surface area contributed by atoms with Crippen molar-refractivity contribution in [2.45, 2.75) is 25.9 Å². The van der Waals surface area contributed by atoms with E-state index < -0.39 is 11.5 Å². The Labute approximate surface area is 146 Å². The molecule has 1 aliphatic heterocycles. The van der Waals surface area contributed by atoms with Gasteiger partial charge in [-0.15, -0.1) is 0 Å². The predicted octanol–water partition coefficient (Wildman–Crippen LogP) is 2.77. The fourth-order valence-electron chi connectivity index (χ4n) is 3.16. The van der Waals surface area contributed by atoms with Crippen LogP contribution in [0.1, 0.15) is 45.8 Å². The monoisotopic (exact) mass is 340 g/mol. The van der Waals surface area contributed by atoms with E-state index in [0.29, 0.717) is 12.1 Å². The normalized spacial score (nSPS) is 15.0. The van der Waals surface area contributed by atoms with Gasteiger partial charge in [-0.25, -0.2) is 9.78 Å². The van der Waals surface area contributed by atoms with Gasteiger partial charge in [-0.1, -0.05) is 12.1 Å². The molecular weight excluding hydrogens is 320 g/mol. The van der Waals surface area contributed by atoms with E-state index in [1.807, 2.05) is 38.1 Å². The number of carbonyl (C=O) groups is 2. The number of hydrogen-bond acceptors (Lipinski definition) is 5. The second-order valence-electron chi connectivity index (χ2n) is 6.37. The van der Waals surface area contributed by atoms with Crippen molar-refractivity contribution in [2.75, 3.05) is 14.2 Å². The molecule has 0 saturated heterocycles. The smallest absolute Gasteiger partial charge is 0.357 e. The molecule has 6 nitrogen and oxygen atoms in total. The average molecular weight is 340 g/mol. The molecular formula is C19H20N2O4. The molecule has 2 heterocycles. The van der Waals surface area contributed by atoms with Crippen molar-refractivity contribution in [3.8, 4) is 5.75 Å². The molecule has 1 aliphatic rings. The summed E-state index contributed by atoms with van der Waals surface area (Å²) in [5.41, 5.74) is 1.59. The third-order valence-corrected chi connectivity index (χ3v) is 4.62. The quantitative estimate of drug-likeness (QED) is 0.801. The first-order chi connectivity index (χ1) is 11.9. The van der Waals surface area contributed by atoms with Crippen LogP contribution in [0.25, 0.3) is 0 Å². The predicted molar refractivity (Wildman–Crippen MR) is 91.5 cm³/mol. The number of carbonyl (C=O) groups excluding carboxylic acids is 2. The molecule has 1 aromatic carbocycles. The first kappa shape index (κ1) is 17.0. The van der Waals surface area contributed by atoms with Crippen LogP contribution in [-0.4, -0.2) is 36.0 Å². The van der Waals surface area contributed by atoms with Crippen molar-refractivity contribution in [3.63, 3.8) is 0 Å². The molecule has 1 aromatic heterocycles. The third kappa shape index (κ3) is 2.73. The van der Waals surface area contributed by atoms with E-state index in [0.717, 1.165) is 16.9 Å². The van der Waals surface area contributed by atoms with Crippen LogP contribution in [0.3, 0.4) is 0 Å². The van der Waals surface area contributed by atoms with E-state index in [-0.39, 0.29) is 11.6 Å². The fraction of sp³-hybridized carbons (Fsp3) is 0.316. The molecule has 0 saturated carbocycles. The van der Waals surface area contributed by atoms with Gasteiger partial charge >= 0.3 is 5.97 Å². The van der Waals surface area contributed by atoms with Crippen LogP contribution >= 0.6 is 0 Å². The number of aromatic nitrogens is 1. The maximum Gasteiger partial charge on any atom is 0.357 e. The molecule has 0 radical (unpaired) electrons. The summed E-state index contributed by atoms with van der Waals surface area (Å²) in [6, 6.07) is 9.35. The minimum absolute atomic E-state index is 0.0651. The summed E-state index contributed by atoms with van der Waals surface area (Å²) in [7, 11) is 2.89. The second-order valence-corrected chi connectivity index (χ2v) is 6.37. The van der Waals surface area contributed by atoms with Crippen LogP contribution in [0.2, 0.25) is 0 Å². The number of methoxy groups -OCH3 is 2. The Morgan fingerprint density at radius 2 is 1.84 bits per heavy atom. The molecule has 3 rings (SSSR count). The molecule has 0 N–H and O–H groups in total. The van der Waals surface area contributed by atoms with Crippen LogP contribution in [0.15, 0.2) is 36.5 Å². The number of ether oxygens (including phenoxy) is 2. The lowest BCUT2D eigenvalue weighted by Gasteiger charge is -2.32. The number of hydrogen-bond donors (Lipinski definition) is 0. The Bertz CT molecular complexity index is 828. The second kappa shape index (κ2) is 6.20. The van der Waals surface area contributed by atoms with Crippen LogP contribution in [-0.2, 0) is 16.8 Å². The van der Waals surface area contributed by atoms with Crippen LogP contribution in [0.5, 0.6) is 5.75 Å². The van der Waals surface area contributed by atoms with Crippen molar-refractivity contribution < 1.29 is 19.1 Å².